The molecule has 4 heteroatoms. The zero-order chi connectivity index (χ0) is 16.7. The van der Waals surface area contributed by atoms with E-state index in [2.05, 4.69) is 24.3 Å². The summed E-state index contributed by atoms with van der Waals surface area (Å²) in [6.07, 6.45) is 3.93. The van der Waals surface area contributed by atoms with E-state index in [1.807, 2.05) is 18.2 Å². The second-order valence-corrected chi connectivity index (χ2v) is 9.77. The van der Waals surface area contributed by atoms with Gasteiger partial charge in [0, 0.05) is 12.3 Å². The molecule has 0 spiro atoms. The average molecular weight is 342 g/mol. The van der Waals surface area contributed by atoms with E-state index in [0.717, 1.165) is 30.2 Å². The van der Waals surface area contributed by atoms with Crippen LogP contribution in [0.4, 0.5) is 0 Å². The van der Waals surface area contributed by atoms with Gasteiger partial charge >= 0.3 is 0 Å². The maximum absolute atomic E-state index is 12.8. The molecule has 0 aliphatic carbocycles. The van der Waals surface area contributed by atoms with E-state index in [4.69, 9.17) is 0 Å². The molecule has 0 aromatic heterocycles. The summed E-state index contributed by atoms with van der Waals surface area (Å²) < 4.78 is 24.7. The van der Waals surface area contributed by atoms with Crippen LogP contribution in [-0.2, 0) is 21.1 Å². The topological polar surface area (TPSA) is 51.2 Å². The predicted molar refractivity (Wildman–Crippen MR) is 95.7 cm³/mol. The number of ketones is 1. The summed E-state index contributed by atoms with van der Waals surface area (Å²) in [7, 11) is -2.99. The first kappa shape index (κ1) is 15.8. The standard InChI is InChI=1S/C20H22O3S/c21-20(11-14-8-9-15-4-1-2-5-16(15)10-14)17-12-18-6-3-7-19(13-17)24(18,22)23/h1-2,4-5,8-10,17-19H,3,6-7,11-13H2. The van der Waals surface area contributed by atoms with Crippen molar-refractivity contribution in [1.82, 2.24) is 0 Å². The summed E-state index contributed by atoms with van der Waals surface area (Å²) in [6, 6.07) is 14.3. The third-order valence-corrected chi connectivity index (χ3v) is 8.44. The summed E-state index contributed by atoms with van der Waals surface area (Å²) in [6.45, 7) is 0. The zero-order valence-electron chi connectivity index (χ0n) is 13.6. The van der Waals surface area contributed by atoms with Gasteiger partial charge in [-0.1, -0.05) is 48.9 Å². The Kier molecular flexibility index (Phi) is 3.95. The monoisotopic (exact) mass is 342 g/mol. The lowest BCUT2D eigenvalue weighted by Crippen LogP contribution is -2.45. The SMILES string of the molecule is O=C(Cc1ccc2ccccc2c1)C1CC2CCCC(C1)S2(=O)=O. The fourth-order valence-corrected chi connectivity index (χ4v) is 6.90. The summed E-state index contributed by atoms with van der Waals surface area (Å²) in [5, 5.41) is 1.75. The highest BCUT2D eigenvalue weighted by Crippen LogP contribution is 2.40. The fourth-order valence-electron chi connectivity index (χ4n) is 4.37. The molecule has 0 amide bonds. The highest BCUT2D eigenvalue weighted by Gasteiger charge is 2.45. The molecule has 2 saturated heterocycles. The molecule has 2 aromatic carbocycles. The van der Waals surface area contributed by atoms with Crippen LogP contribution < -0.4 is 0 Å². The van der Waals surface area contributed by atoms with E-state index >= 15 is 0 Å². The summed E-state index contributed by atoms with van der Waals surface area (Å²) >= 11 is 0. The number of Topliss-reactive ketones (excluding diaryl/α,β-unsaturated/α-hetero) is 1. The molecule has 2 bridgehead atoms. The summed E-state index contributed by atoms with van der Waals surface area (Å²) in [5.74, 6) is 0.118. The van der Waals surface area contributed by atoms with Crippen molar-refractivity contribution < 1.29 is 13.2 Å². The first-order valence-corrected chi connectivity index (χ1v) is 10.4. The molecule has 2 aliphatic rings. The highest BCUT2D eigenvalue weighted by molar-refractivity contribution is 7.92. The first-order chi connectivity index (χ1) is 11.5. The van der Waals surface area contributed by atoms with Crippen molar-refractivity contribution >= 4 is 26.4 Å². The van der Waals surface area contributed by atoms with Crippen molar-refractivity contribution in [2.75, 3.05) is 0 Å². The molecule has 2 fully saturated rings. The fraction of sp³-hybridized carbons (Fsp3) is 0.450. The molecule has 126 valence electrons. The van der Waals surface area contributed by atoms with E-state index in [1.165, 1.54) is 5.39 Å². The van der Waals surface area contributed by atoms with Gasteiger partial charge in [-0.05, 0) is 42.0 Å². The van der Waals surface area contributed by atoms with Crippen LogP contribution in [0.15, 0.2) is 42.5 Å². The van der Waals surface area contributed by atoms with Crippen LogP contribution in [0.2, 0.25) is 0 Å². The Morgan fingerprint density at radius 2 is 1.62 bits per heavy atom. The summed E-state index contributed by atoms with van der Waals surface area (Å²) in [5.41, 5.74) is 1.03. The van der Waals surface area contributed by atoms with Gasteiger partial charge in [0.05, 0.1) is 10.5 Å². The van der Waals surface area contributed by atoms with E-state index < -0.39 is 9.84 Å². The Morgan fingerprint density at radius 1 is 0.958 bits per heavy atom. The van der Waals surface area contributed by atoms with E-state index in [1.54, 1.807) is 0 Å². The normalized spacial score (nSPS) is 28.6. The molecule has 0 N–H and O–H groups in total. The Labute approximate surface area is 143 Å². The van der Waals surface area contributed by atoms with Crippen LogP contribution in [0.3, 0.4) is 0 Å². The van der Waals surface area contributed by atoms with Gasteiger partial charge in [0.2, 0.25) is 0 Å². The number of sulfone groups is 1. The number of hydrogen-bond donors (Lipinski definition) is 0. The summed E-state index contributed by atoms with van der Waals surface area (Å²) in [4.78, 5) is 12.8. The van der Waals surface area contributed by atoms with Crippen molar-refractivity contribution in [2.24, 2.45) is 5.92 Å². The lowest BCUT2D eigenvalue weighted by atomic mass is 9.84. The molecule has 2 heterocycles. The molecular formula is C20H22O3S. The molecule has 2 aromatic rings. The predicted octanol–water partition coefficient (Wildman–Crippen LogP) is 3.70. The molecule has 2 aliphatic heterocycles. The van der Waals surface area contributed by atoms with Gasteiger partial charge in [-0.15, -0.1) is 0 Å². The molecule has 2 atom stereocenters. The number of carbonyl (C=O) groups excluding carboxylic acids is 1. The molecular weight excluding hydrogens is 320 g/mol. The van der Waals surface area contributed by atoms with Crippen LogP contribution >= 0.6 is 0 Å². The van der Waals surface area contributed by atoms with Gasteiger partial charge in [-0.2, -0.15) is 0 Å². The van der Waals surface area contributed by atoms with Crippen LogP contribution in [0.1, 0.15) is 37.7 Å². The van der Waals surface area contributed by atoms with Crippen molar-refractivity contribution in [3.8, 4) is 0 Å². The minimum Gasteiger partial charge on any atom is -0.299 e. The largest absolute Gasteiger partial charge is 0.299 e. The molecule has 0 radical (unpaired) electrons. The third kappa shape index (κ3) is 2.77. The molecule has 0 saturated carbocycles. The second kappa shape index (κ2) is 5.99. The number of carbonyl (C=O) groups is 1. The van der Waals surface area contributed by atoms with Crippen molar-refractivity contribution in [1.29, 1.82) is 0 Å². The molecule has 3 nitrogen and oxygen atoms in total. The number of fused-ring (bicyclic) bond motifs is 3. The third-order valence-electron chi connectivity index (χ3n) is 5.72. The minimum absolute atomic E-state index is 0.0877. The maximum Gasteiger partial charge on any atom is 0.156 e. The molecule has 4 rings (SSSR count). The Bertz CT molecular complexity index is 865. The molecule has 2 unspecified atom stereocenters. The number of benzene rings is 2. The quantitative estimate of drug-likeness (QED) is 0.855. The Hall–Kier alpha value is -1.68. The van der Waals surface area contributed by atoms with E-state index in [0.29, 0.717) is 19.3 Å². The van der Waals surface area contributed by atoms with Gasteiger partial charge in [0.15, 0.2) is 9.84 Å². The Balaban J connectivity index is 1.52. The second-order valence-electron chi connectivity index (χ2n) is 7.26. The van der Waals surface area contributed by atoms with Gasteiger partial charge in [-0.25, -0.2) is 8.42 Å². The van der Waals surface area contributed by atoms with Gasteiger partial charge < -0.3 is 0 Å². The average Bonchev–Trinajstić information content (AvgIpc) is 2.53. The van der Waals surface area contributed by atoms with Gasteiger partial charge in [0.1, 0.15) is 5.78 Å². The van der Waals surface area contributed by atoms with Gasteiger partial charge in [0.25, 0.3) is 0 Å². The van der Waals surface area contributed by atoms with E-state index in [-0.39, 0.29) is 22.2 Å². The van der Waals surface area contributed by atoms with Gasteiger partial charge in [-0.3, -0.25) is 4.79 Å². The van der Waals surface area contributed by atoms with Crippen molar-refractivity contribution in [3.63, 3.8) is 0 Å². The van der Waals surface area contributed by atoms with E-state index in [9.17, 15) is 13.2 Å². The first-order valence-electron chi connectivity index (χ1n) is 8.77. The zero-order valence-corrected chi connectivity index (χ0v) is 14.5. The van der Waals surface area contributed by atoms with Crippen LogP contribution in [-0.4, -0.2) is 24.7 Å². The van der Waals surface area contributed by atoms with Crippen LogP contribution in [0.25, 0.3) is 10.8 Å². The minimum atomic E-state index is -2.99. The Morgan fingerprint density at radius 3 is 2.33 bits per heavy atom. The maximum atomic E-state index is 12.8. The lowest BCUT2D eigenvalue weighted by molar-refractivity contribution is -0.122. The highest BCUT2D eigenvalue weighted by atomic mass is 32.2. The van der Waals surface area contributed by atoms with Crippen LogP contribution in [0.5, 0.6) is 0 Å². The number of rotatable bonds is 3. The van der Waals surface area contributed by atoms with Crippen molar-refractivity contribution in [2.45, 2.75) is 49.0 Å². The molecule has 24 heavy (non-hydrogen) atoms. The van der Waals surface area contributed by atoms with Crippen molar-refractivity contribution in [3.05, 3.63) is 48.0 Å². The number of hydrogen-bond acceptors (Lipinski definition) is 3. The van der Waals surface area contributed by atoms with Crippen LogP contribution in [0, 0.1) is 5.92 Å². The smallest absolute Gasteiger partial charge is 0.156 e. The lowest BCUT2D eigenvalue weighted by Gasteiger charge is -2.38.